The van der Waals surface area contributed by atoms with E-state index in [4.69, 9.17) is 0 Å². The van der Waals surface area contributed by atoms with Crippen LogP contribution in [-0.4, -0.2) is 0 Å². The van der Waals surface area contributed by atoms with Crippen LogP contribution in [0.2, 0.25) is 0 Å². The summed E-state index contributed by atoms with van der Waals surface area (Å²) in [7, 11) is 0. The van der Waals surface area contributed by atoms with E-state index in [1.807, 2.05) is 20.3 Å². The molecule has 0 bridgehead atoms. The Morgan fingerprint density at radius 2 is 1.20 bits per heavy atom. The first kappa shape index (κ1) is 16.8. The van der Waals surface area contributed by atoms with Gasteiger partial charge in [-0.3, -0.25) is 0 Å². The van der Waals surface area contributed by atoms with Crippen molar-refractivity contribution in [1.82, 2.24) is 0 Å². The minimum absolute atomic E-state index is 0. The molecule has 0 aromatic heterocycles. The molecule has 0 saturated carbocycles. The fraction of sp³-hybridized carbons (Fsp3) is 0.667. The normalized spacial score (nSPS) is 3.60. The van der Waals surface area contributed by atoms with Gasteiger partial charge < -0.3 is 18.8 Å². The van der Waals surface area contributed by atoms with Gasteiger partial charge in [0.2, 0.25) is 0 Å². The van der Waals surface area contributed by atoms with Crippen molar-refractivity contribution in [2.75, 3.05) is 0 Å². The summed E-state index contributed by atoms with van der Waals surface area (Å²) in [4.78, 5) is 0. The van der Waals surface area contributed by atoms with Crippen LogP contribution < -0.4 is 12.4 Å². The molecule has 0 nitrogen and oxygen atoms in total. The standard InChI is InChI=1S/C3H7.ClH.Zn/c1-3-2;;/h3H,1-2H3;1H;/q-1;;+2/p-1. The van der Waals surface area contributed by atoms with Gasteiger partial charge >= 0.3 is 19.5 Å². The molecule has 0 aliphatic rings. The van der Waals surface area contributed by atoms with Crippen molar-refractivity contribution in [2.45, 2.75) is 13.8 Å². The number of rotatable bonds is 0. The van der Waals surface area contributed by atoms with Crippen molar-refractivity contribution in [1.29, 1.82) is 0 Å². The van der Waals surface area contributed by atoms with Gasteiger partial charge in [0, 0.05) is 0 Å². The Kier molecular flexibility index (Phi) is 69.1. The molecule has 0 heterocycles. The first-order chi connectivity index (χ1) is 1.41. The van der Waals surface area contributed by atoms with E-state index in [0.717, 1.165) is 0 Å². The molecule has 0 unspecified atom stereocenters. The maximum atomic E-state index is 2.00. The van der Waals surface area contributed by atoms with Gasteiger partial charge in [0.25, 0.3) is 0 Å². The van der Waals surface area contributed by atoms with Crippen molar-refractivity contribution >= 4 is 0 Å². The van der Waals surface area contributed by atoms with Crippen LogP contribution in [-0.2, 0) is 19.5 Å². The molecule has 0 fully saturated rings. The van der Waals surface area contributed by atoms with E-state index in [9.17, 15) is 0 Å². The van der Waals surface area contributed by atoms with Crippen LogP contribution in [0.25, 0.3) is 0 Å². The van der Waals surface area contributed by atoms with Gasteiger partial charge in [-0.2, -0.15) is 13.8 Å². The van der Waals surface area contributed by atoms with E-state index < -0.39 is 0 Å². The SMILES string of the molecule is C[CH-]C.[Cl-].[Zn+2]. The predicted molar refractivity (Wildman–Crippen MR) is 15.6 cm³/mol. The summed E-state index contributed by atoms with van der Waals surface area (Å²) in [6, 6.07) is 0. The first-order valence-electron chi connectivity index (χ1n) is 1.15. The van der Waals surface area contributed by atoms with E-state index in [-0.39, 0.29) is 31.9 Å². The van der Waals surface area contributed by atoms with Gasteiger partial charge in [0.1, 0.15) is 0 Å². The molecule has 28 valence electrons. The zero-order chi connectivity index (χ0) is 2.71. The molecule has 5 heavy (non-hydrogen) atoms. The Hall–Kier alpha value is 0.913. The summed E-state index contributed by atoms with van der Waals surface area (Å²) in [6.07, 6.45) is 2.00. The van der Waals surface area contributed by atoms with Crippen LogP contribution in [0, 0.1) is 6.42 Å². The Balaban J connectivity index is -0.0000000200. The van der Waals surface area contributed by atoms with Gasteiger partial charge in [0.15, 0.2) is 0 Å². The molecule has 0 aliphatic carbocycles. The molecule has 0 aromatic rings. The van der Waals surface area contributed by atoms with E-state index in [1.54, 1.807) is 0 Å². The van der Waals surface area contributed by atoms with E-state index >= 15 is 0 Å². The zero-order valence-corrected chi connectivity index (χ0v) is 7.39. The molecule has 0 atom stereocenters. The van der Waals surface area contributed by atoms with E-state index in [1.165, 1.54) is 0 Å². The molecule has 0 saturated heterocycles. The van der Waals surface area contributed by atoms with Gasteiger partial charge in [0.05, 0.1) is 0 Å². The average molecular weight is 144 g/mol. The fourth-order valence-electron chi connectivity index (χ4n) is 0. The quantitative estimate of drug-likeness (QED) is 0.279. The number of halogens is 1. The molecule has 0 rings (SSSR count). The first-order valence-corrected chi connectivity index (χ1v) is 1.15. The van der Waals surface area contributed by atoms with Crippen molar-refractivity contribution in [2.24, 2.45) is 0 Å². The second kappa shape index (κ2) is 20.6. The third-order valence-electron chi connectivity index (χ3n) is 0. The summed E-state index contributed by atoms with van der Waals surface area (Å²) in [5.74, 6) is 0. The molecule has 0 aromatic carbocycles. The van der Waals surface area contributed by atoms with Crippen LogP contribution in [0.1, 0.15) is 13.8 Å². The number of hydrogen-bond acceptors (Lipinski definition) is 0. The van der Waals surface area contributed by atoms with Crippen molar-refractivity contribution in [3.05, 3.63) is 6.42 Å². The molecule has 0 aliphatic heterocycles. The zero-order valence-electron chi connectivity index (χ0n) is 3.66. The van der Waals surface area contributed by atoms with Crippen LogP contribution in [0.5, 0.6) is 0 Å². The van der Waals surface area contributed by atoms with Gasteiger partial charge in [-0.15, -0.1) is 0 Å². The molecular formula is C3H7ClZn. The van der Waals surface area contributed by atoms with Crippen molar-refractivity contribution < 1.29 is 31.9 Å². The molecule has 0 amide bonds. The topological polar surface area (TPSA) is 0 Å². The smallest absolute Gasteiger partial charge is 1.00 e. The third kappa shape index (κ3) is 50.0. The molecule has 0 radical (unpaired) electrons. The van der Waals surface area contributed by atoms with Crippen molar-refractivity contribution in [3.8, 4) is 0 Å². The summed E-state index contributed by atoms with van der Waals surface area (Å²) in [5, 5.41) is 0. The monoisotopic (exact) mass is 142 g/mol. The summed E-state index contributed by atoms with van der Waals surface area (Å²) < 4.78 is 0. The van der Waals surface area contributed by atoms with Gasteiger partial charge in [-0.25, -0.2) is 0 Å². The van der Waals surface area contributed by atoms with Crippen molar-refractivity contribution in [3.63, 3.8) is 0 Å². The van der Waals surface area contributed by atoms with Crippen LogP contribution >= 0.6 is 0 Å². The maximum absolute atomic E-state index is 2.00. The Morgan fingerprint density at radius 1 is 1.20 bits per heavy atom. The van der Waals surface area contributed by atoms with Crippen LogP contribution in [0.4, 0.5) is 0 Å². The maximum Gasteiger partial charge on any atom is 2.00 e. The second-order valence-corrected chi connectivity index (χ2v) is 0.577. The summed E-state index contributed by atoms with van der Waals surface area (Å²) in [6.45, 7) is 4.00. The Labute approximate surface area is 52.5 Å². The third-order valence-corrected chi connectivity index (χ3v) is 0. The van der Waals surface area contributed by atoms with Gasteiger partial charge in [-0.1, -0.05) is 0 Å². The molecular weight excluding hydrogens is 137 g/mol. The number of hydrogen-bond donors (Lipinski definition) is 0. The Bertz CT molecular complexity index is 6.85. The fourth-order valence-corrected chi connectivity index (χ4v) is 0. The second-order valence-electron chi connectivity index (χ2n) is 0.577. The largest absolute Gasteiger partial charge is 2.00 e. The average Bonchev–Trinajstić information content (AvgIpc) is 0.918. The summed E-state index contributed by atoms with van der Waals surface area (Å²) >= 11 is 0. The Morgan fingerprint density at radius 3 is 1.20 bits per heavy atom. The van der Waals surface area contributed by atoms with Crippen LogP contribution in [0.3, 0.4) is 0 Å². The van der Waals surface area contributed by atoms with Gasteiger partial charge in [-0.05, 0) is 0 Å². The molecule has 2 heteroatoms. The minimum atomic E-state index is 0. The van der Waals surface area contributed by atoms with E-state index in [0.29, 0.717) is 0 Å². The minimum Gasteiger partial charge on any atom is -1.00 e. The predicted octanol–water partition coefficient (Wildman–Crippen LogP) is -1.77. The molecule has 0 spiro atoms. The molecule has 0 N–H and O–H groups in total. The van der Waals surface area contributed by atoms with Crippen LogP contribution in [0.15, 0.2) is 0 Å². The summed E-state index contributed by atoms with van der Waals surface area (Å²) in [5.41, 5.74) is 0. The van der Waals surface area contributed by atoms with E-state index in [2.05, 4.69) is 0 Å².